The lowest BCUT2D eigenvalue weighted by Crippen LogP contribution is -2.45. The highest BCUT2D eigenvalue weighted by Crippen LogP contribution is 2.34. The van der Waals surface area contributed by atoms with Gasteiger partial charge in [-0.1, -0.05) is 6.07 Å². The molecule has 0 saturated carbocycles. The summed E-state index contributed by atoms with van der Waals surface area (Å²) < 4.78 is 16.4. The van der Waals surface area contributed by atoms with Crippen molar-refractivity contribution in [3.8, 4) is 5.75 Å². The summed E-state index contributed by atoms with van der Waals surface area (Å²) in [6, 6.07) is 3.79. The lowest BCUT2D eigenvalue weighted by atomic mass is 9.84. The number of carbonyl (C=O) groups excluding carboxylic acids is 1. The molecule has 2 rings (SSSR count). The van der Waals surface area contributed by atoms with Crippen LogP contribution in [-0.4, -0.2) is 38.8 Å². The van der Waals surface area contributed by atoms with E-state index in [1.54, 1.807) is 14.2 Å². The number of carbonyl (C=O) groups is 1. The van der Waals surface area contributed by atoms with Crippen LogP contribution in [-0.2, 0) is 9.47 Å². The molecule has 1 aromatic carbocycles. The van der Waals surface area contributed by atoms with Gasteiger partial charge in [-0.25, -0.2) is 0 Å². The summed E-state index contributed by atoms with van der Waals surface area (Å²) in [5.41, 5.74) is 1.92. The van der Waals surface area contributed by atoms with Gasteiger partial charge >= 0.3 is 0 Å². The highest BCUT2D eigenvalue weighted by molar-refractivity contribution is 6.05. The number of ether oxygens (including phenoxy) is 3. The highest BCUT2D eigenvalue weighted by Gasteiger charge is 2.41. The van der Waals surface area contributed by atoms with E-state index in [9.17, 15) is 4.79 Å². The maximum Gasteiger partial charge on any atom is 0.198 e. The molecule has 1 saturated heterocycles. The Balaban J connectivity index is 2.44. The Morgan fingerprint density at radius 3 is 2.40 bits per heavy atom. The average molecular weight is 278 g/mol. The van der Waals surface area contributed by atoms with Crippen molar-refractivity contribution >= 4 is 5.78 Å². The van der Waals surface area contributed by atoms with Crippen molar-refractivity contribution in [1.29, 1.82) is 0 Å². The monoisotopic (exact) mass is 278 g/mol. The molecule has 1 aromatic rings. The van der Waals surface area contributed by atoms with Gasteiger partial charge in [0.2, 0.25) is 0 Å². The number of hydrogen-bond donors (Lipinski definition) is 0. The van der Waals surface area contributed by atoms with Crippen LogP contribution >= 0.6 is 0 Å². The van der Waals surface area contributed by atoms with Crippen LogP contribution in [0.5, 0.6) is 5.75 Å². The molecule has 0 spiro atoms. The lowest BCUT2D eigenvalue weighted by molar-refractivity contribution is -0.0664. The molecule has 4 heteroatoms. The van der Waals surface area contributed by atoms with E-state index in [1.165, 1.54) is 0 Å². The van der Waals surface area contributed by atoms with Gasteiger partial charge in [0.15, 0.2) is 5.78 Å². The predicted molar refractivity (Wildman–Crippen MR) is 76.6 cm³/mol. The summed E-state index contributed by atoms with van der Waals surface area (Å²) in [7, 11) is 3.19. The van der Waals surface area contributed by atoms with Gasteiger partial charge in [-0.3, -0.25) is 4.79 Å². The van der Waals surface area contributed by atoms with Gasteiger partial charge in [-0.05, 0) is 31.0 Å². The Labute approximate surface area is 120 Å². The summed E-state index contributed by atoms with van der Waals surface area (Å²) in [6.07, 6.45) is 1.16. The Bertz CT molecular complexity index is 501. The number of rotatable bonds is 4. The molecular weight excluding hydrogens is 256 g/mol. The molecule has 0 unspecified atom stereocenters. The van der Waals surface area contributed by atoms with Crippen LogP contribution in [0.2, 0.25) is 0 Å². The molecule has 0 amide bonds. The molecule has 110 valence electrons. The second kappa shape index (κ2) is 5.94. The van der Waals surface area contributed by atoms with Gasteiger partial charge < -0.3 is 14.2 Å². The van der Waals surface area contributed by atoms with E-state index in [-0.39, 0.29) is 5.78 Å². The molecule has 0 radical (unpaired) electrons. The predicted octanol–water partition coefficient (Wildman–Crippen LogP) is 2.69. The van der Waals surface area contributed by atoms with Crippen molar-refractivity contribution < 1.29 is 19.0 Å². The van der Waals surface area contributed by atoms with Crippen LogP contribution in [0, 0.1) is 13.8 Å². The first kappa shape index (κ1) is 15.0. The van der Waals surface area contributed by atoms with Crippen molar-refractivity contribution in [3.63, 3.8) is 0 Å². The molecule has 0 atom stereocenters. The molecule has 0 bridgehead atoms. The number of ketones is 1. The van der Waals surface area contributed by atoms with E-state index >= 15 is 0 Å². The summed E-state index contributed by atoms with van der Waals surface area (Å²) in [5, 5.41) is 0. The first-order valence-corrected chi connectivity index (χ1v) is 6.87. The molecule has 0 aromatic heterocycles. The smallest absolute Gasteiger partial charge is 0.198 e. The molecule has 1 fully saturated rings. The summed E-state index contributed by atoms with van der Waals surface area (Å²) >= 11 is 0. The van der Waals surface area contributed by atoms with Gasteiger partial charge in [0, 0.05) is 33.2 Å². The topological polar surface area (TPSA) is 44.8 Å². The van der Waals surface area contributed by atoms with Gasteiger partial charge in [-0.2, -0.15) is 0 Å². The standard InChI is InChI=1S/C16H22O4/c1-11-5-6-13(14(18-3)12(11)2)15(17)16(19-4)7-9-20-10-8-16/h5-6H,7-10H2,1-4H3. The number of benzene rings is 1. The van der Waals surface area contributed by atoms with Crippen LogP contribution in [0.4, 0.5) is 0 Å². The van der Waals surface area contributed by atoms with E-state index in [0.29, 0.717) is 37.4 Å². The minimum Gasteiger partial charge on any atom is -0.496 e. The third-order valence-corrected chi connectivity index (χ3v) is 4.23. The van der Waals surface area contributed by atoms with Gasteiger partial charge in [-0.15, -0.1) is 0 Å². The van der Waals surface area contributed by atoms with E-state index in [4.69, 9.17) is 14.2 Å². The molecule has 0 aliphatic carbocycles. The van der Waals surface area contributed by atoms with E-state index < -0.39 is 5.60 Å². The molecule has 4 nitrogen and oxygen atoms in total. The van der Waals surface area contributed by atoms with Crippen LogP contribution in [0.3, 0.4) is 0 Å². The third-order valence-electron chi connectivity index (χ3n) is 4.23. The number of Topliss-reactive ketones (excluding diaryl/α,β-unsaturated/α-hetero) is 1. The Kier molecular flexibility index (Phi) is 4.45. The van der Waals surface area contributed by atoms with Gasteiger partial charge in [0.25, 0.3) is 0 Å². The van der Waals surface area contributed by atoms with E-state index in [0.717, 1.165) is 11.1 Å². The normalized spacial score (nSPS) is 17.8. The van der Waals surface area contributed by atoms with Crippen molar-refractivity contribution in [3.05, 3.63) is 28.8 Å². The fourth-order valence-electron chi connectivity index (χ4n) is 2.70. The quantitative estimate of drug-likeness (QED) is 0.794. The number of methoxy groups -OCH3 is 2. The Morgan fingerprint density at radius 2 is 1.85 bits per heavy atom. The van der Waals surface area contributed by atoms with E-state index in [2.05, 4.69) is 0 Å². The van der Waals surface area contributed by atoms with Gasteiger partial charge in [0.05, 0.1) is 12.7 Å². The van der Waals surface area contributed by atoms with Crippen LogP contribution in [0.25, 0.3) is 0 Å². The van der Waals surface area contributed by atoms with Gasteiger partial charge in [0.1, 0.15) is 11.4 Å². The molecule has 1 aliphatic rings. The van der Waals surface area contributed by atoms with Crippen molar-refractivity contribution in [1.82, 2.24) is 0 Å². The first-order chi connectivity index (χ1) is 9.55. The molecule has 1 heterocycles. The van der Waals surface area contributed by atoms with Crippen molar-refractivity contribution in [2.45, 2.75) is 32.3 Å². The second-order valence-corrected chi connectivity index (χ2v) is 5.23. The molecule has 20 heavy (non-hydrogen) atoms. The fraction of sp³-hybridized carbons (Fsp3) is 0.562. The summed E-state index contributed by atoms with van der Waals surface area (Å²) in [4.78, 5) is 12.9. The number of aryl methyl sites for hydroxylation is 1. The maximum atomic E-state index is 12.9. The van der Waals surface area contributed by atoms with Crippen LogP contribution < -0.4 is 4.74 Å². The van der Waals surface area contributed by atoms with Crippen molar-refractivity contribution in [2.75, 3.05) is 27.4 Å². The fourth-order valence-corrected chi connectivity index (χ4v) is 2.70. The summed E-state index contributed by atoms with van der Waals surface area (Å²) in [5.74, 6) is 0.640. The molecule has 0 N–H and O–H groups in total. The minimum atomic E-state index is -0.784. The minimum absolute atomic E-state index is 0.0109. The largest absolute Gasteiger partial charge is 0.496 e. The zero-order chi connectivity index (χ0) is 14.8. The highest BCUT2D eigenvalue weighted by atomic mass is 16.5. The Hall–Kier alpha value is -1.39. The van der Waals surface area contributed by atoms with Crippen LogP contribution in [0.1, 0.15) is 34.3 Å². The molecular formula is C16H22O4. The molecule has 1 aliphatic heterocycles. The number of hydrogen-bond acceptors (Lipinski definition) is 4. The van der Waals surface area contributed by atoms with Crippen LogP contribution in [0.15, 0.2) is 12.1 Å². The lowest BCUT2D eigenvalue weighted by Gasteiger charge is -2.34. The van der Waals surface area contributed by atoms with E-state index in [1.807, 2.05) is 26.0 Å². The zero-order valence-corrected chi connectivity index (χ0v) is 12.6. The average Bonchev–Trinajstić information content (AvgIpc) is 2.49. The van der Waals surface area contributed by atoms with Crippen molar-refractivity contribution in [2.24, 2.45) is 0 Å². The zero-order valence-electron chi connectivity index (χ0n) is 12.6. The maximum absolute atomic E-state index is 12.9. The Morgan fingerprint density at radius 1 is 1.20 bits per heavy atom. The first-order valence-electron chi connectivity index (χ1n) is 6.87. The third kappa shape index (κ3) is 2.45. The summed E-state index contributed by atoms with van der Waals surface area (Å²) in [6.45, 7) is 5.07. The second-order valence-electron chi connectivity index (χ2n) is 5.23. The SMILES string of the molecule is COc1c(C(=O)C2(OC)CCOCC2)ccc(C)c1C.